The van der Waals surface area contributed by atoms with Crippen LogP contribution in [0.5, 0.6) is 0 Å². The zero-order valence-corrected chi connectivity index (χ0v) is 12.7. The largest absolute Gasteiger partial charge is 0.459 e. The summed E-state index contributed by atoms with van der Waals surface area (Å²) in [5.41, 5.74) is 5.91. The number of sulfone groups is 1. The number of carbonyl (C=O) groups excluding carboxylic acids is 1. The van der Waals surface area contributed by atoms with E-state index in [-0.39, 0.29) is 12.3 Å². The SMILES string of the molecule is CC(C)(C)OC(=O)CS(=O)(=O)Cc1ccnc(CN)c1. The number of ether oxygens (including phenoxy) is 1. The van der Waals surface area contributed by atoms with Crippen molar-refractivity contribution in [2.45, 2.75) is 38.7 Å². The number of esters is 1. The molecule has 2 N–H and O–H groups in total. The first-order chi connectivity index (χ1) is 9.11. The summed E-state index contributed by atoms with van der Waals surface area (Å²) in [4.78, 5) is 15.5. The molecule has 112 valence electrons. The lowest BCUT2D eigenvalue weighted by molar-refractivity contribution is -0.151. The van der Waals surface area contributed by atoms with E-state index < -0.39 is 27.2 Å². The van der Waals surface area contributed by atoms with Crippen molar-refractivity contribution in [1.29, 1.82) is 0 Å². The van der Waals surface area contributed by atoms with Crippen LogP contribution < -0.4 is 5.73 Å². The predicted octanol–water partition coefficient (Wildman–Crippen LogP) is 0.797. The number of rotatable bonds is 5. The fourth-order valence-corrected chi connectivity index (χ4v) is 2.79. The first-order valence-electron chi connectivity index (χ1n) is 6.17. The van der Waals surface area contributed by atoms with Gasteiger partial charge >= 0.3 is 5.97 Å². The third kappa shape index (κ3) is 6.12. The molecule has 1 aromatic heterocycles. The molecule has 0 saturated heterocycles. The van der Waals surface area contributed by atoms with Gasteiger partial charge in [-0.3, -0.25) is 9.78 Å². The highest BCUT2D eigenvalue weighted by atomic mass is 32.2. The highest BCUT2D eigenvalue weighted by molar-refractivity contribution is 7.91. The molecular formula is C13H20N2O4S. The van der Waals surface area contributed by atoms with Gasteiger partial charge in [0.15, 0.2) is 9.84 Å². The minimum Gasteiger partial charge on any atom is -0.459 e. The summed E-state index contributed by atoms with van der Waals surface area (Å²) in [6, 6.07) is 3.21. The van der Waals surface area contributed by atoms with Gasteiger partial charge in [0.1, 0.15) is 11.4 Å². The highest BCUT2D eigenvalue weighted by Crippen LogP contribution is 2.11. The average molecular weight is 300 g/mol. The molecule has 0 aliphatic carbocycles. The maximum atomic E-state index is 11.9. The van der Waals surface area contributed by atoms with E-state index in [9.17, 15) is 13.2 Å². The average Bonchev–Trinajstić information content (AvgIpc) is 2.24. The van der Waals surface area contributed by atoms with E-state index in [1.807, 2.05) is 0 Å². The Morgan fingerprint density at radius 1 is 1.40 bits per heavy atom. The number of hydrogen-bond acceptors (Lipinski definition) is 6. The quantitative estimate of drug-likeness (QED) is 0.807. The van der Waals surface area contributed by atoms with Crippen molar-refractivity contribution >= 4 is 15.8 Å². The molecule has 0 radical (unpaired) electrons. The molecule has 0 aromatic carbocycles. The van der Waals surface area contributed by atoms with Crippen molar-refractivity contribution in [3.05, 3.63) is 29.6 Å². The summed E-state index contributed by atoms with van der Waals surface area (Å²) < 4.78 is 28.9. The molecule has 0 atom stereocenters. The molecular weight excluding hydrogens is 280 g/mol. The van der Waals surface area contributed by atoms with Gasteiger partial charge in [0.25, 0.3) is 0 Å². The van der Waals surface area contributed by atoms with Gasteiger partial charge in [-0.1, -0.05) is 0 Å². The maximum Gasteiger partial charge on any atom is 0.321 e. The van der Waals surface area contributed by atoms with Crippen molar-refractivity contribution in [2.75, 3.05) is 5.75 Å². The number of pyridine rings is 1. The molecule has 0 fully saturated rings. The lowest BCUT2D eigenvalue weighted by Gasteiger charge is -2.19. The number of nitrogens with two attached hydrogens (primary N) is 1. The Kier molecular flexibility index (Phi) is 5.24. The lowest BCUT2D eigenvalue weighted by Crippen LogP contribution is -2.29. The summed E-state index contributed by atoms with van der Waals surface area (Å²) in [5, 5.41) is 0. The summed E-state index contributed by atoms with van der Waals surface area (Å²) in [6.45, 7) is 5.30. The molecule has 1 rings (SSSR count). The van der Waals surface area contributed by atoms with Crippen LogP contribution in [0.3, 0.4) is 0 Å². The predicted molar refractivity (Wildman–Crippen MR) is 75.5 cm³/mol. The van der Waals surface area contributed by atoms with Crippen LogP contribution in [-0.4, -0.2) is 30.7 Å². The maximum absolute atomic E-state index is 11.9. The van der Waals surface area contributed by atoms with Crippen LogP contribution in [0.1, 0.15) is 32.0 Å². The fourth-order valence-electron chi connectivity index (χ4n) is 1.59. The zero-order valence-electron chi connectivity index (χ0n) is 11.9. The van der Waals surface area contributed by atoms with Crippen LogP contribution in [0.25, 0.3) is 0 Å². The third-order valence-electron chi connectivity index (χ3n) is 2.23. The van der Waals surface area contributed by atoms with E-state index in [2.05, 4.69) is 4.98 Å². The van der Waals surface area contributed by atoms with Crippen LogP contribution in [0.2, 0.25) is 0 Å². The smallest absolute Gasteiger partial charge is 0.321 e. The van der Waals surface area contributed by atoms with Gasteiger partial charge in [0.2, 0.25) is 0 Å². The second-order valence-electron chi connectivity index (χ2n) is 5.48. The van der Waals surface area contributed by atoms with Gasteiger partial charge < -0.3 is 10.5 Å². The van der Waals surface area contributed by atoms with Gasteiger partial charge in [0, 0.05) is 12.7 Å². The molecule has 0 spiro atoms. The monoisotopic (exact) mass is 300 g/mol. The minimum absolute atomic E-state index is 0.234. The molecule has 1 heterocycles. The molecule has 0 amide bonds. The molecule has 0 aliphatic heterocycles. The Hall–Kier alpha value is -1.47. The Morgan fingerprint density at radius 3 is 2.60 bits per heavy atom. The normalized spacial score (nSPS) is 12.2. The molecule has 0 bridgehead atoms. The second-order valence-corrected chi connectivity index (χ2v) is 7.54. The molecule has 0 saturated carbocycles. The van der Waals surface area contributed by atoms with Gasteiger partial charge in [-0.15, -0.1) is 0 Å². The van der Waals surface area contributed by atoms with Gasteiger partial charge in [-0.05, 0) is 38.5 Å². The van der Waals surface area contributed by atoms with E-state index in [4.69, 9.17) is 10.5 Å². The summed E-state index contributed by atoms with van der Waals surface area (Å²) in [6.07, 6.45) is 1.50. The molecule has 1 aromatic rings. The van der Waals surface area contributed by atoms with E-state index >= 15 is 0 Å². The second kappa shape index (κ2) is 6.32. The summed E-state index contributed by atoms with van der Waals surface area (Å²) in [7, 11) is -3.57. The van der Waals surface area contributed by atoms with Crippen LogP contribution in [0, 0.1) is 0 Å². The van der Waals surface area contributed by atoms with Crippen molar-refractivity contribution in [3.8, 4) is 0 Å². The lowest BCUT2D eigenvalue weighted by atomic mass is 10.2. The summed E-state index contributed by atoms with van der Waals surface area (Å²) >= 11 is 0. The van der Waals surface area contributed by atoms with Crippen molar-refractivity contribution in [3.63, 3.8) is 0 Å². The van der Waals surface area contributed by atoms with Crippen LogP contribution >= 0.6 is 0 Å². The van der Waals surface area contributed by atoms with Crippen LogP contribution in [0.15, 0.2) is 18.3 Å². The van der Waals surface area contributed by atoms with Crippen LogP contribution in [-0.2, 0) is 31.7 Å². The van der Waals surface area contributed by atoms with Gasteiger partial charge in [-0.25, -0.2) is 8.42 Å². The van der Waals surface area contributed by atoms with E-state index in [1.165, 1.54) is 6.20 Å². The number of hydrogen-bond donors (Lipinski definition) is 1. The molecule has 0 unspecified atom stereocenters. The number of carbonyl (C=O) groups is 1. The van der Waals surface area contributed by atoms with Crippen LogP contribution in [0.4, 0.5) is 0 Å². The molecule has 6 nitrogen and oxygen atoms in total. The fraction of sp³-hybridized carbons (Fsp3) is 0.538. The topological polar surface area (TPSA) is 99.4 Å². The molecule has 0 aliphatic rings. The first kappa shape index (κ1) is 16.6. The van der Waals surface area contributed by atoms with Crippen molar-refractivity contribution in [1.82, 2.24) is 4.98 Å². The van der Waals surface area contributed by atoms with E-state index in [1.54, 1.807) is 32.9 Å². The number of nitrogens with zero attached hydrogens (tertiary/aromatic N) is 1. The standard InChI is InChI=1S/C13H20N2O4S/c1-13(2,3)19-12(16)9-20(17,18)8-10-4-5-15-11(6-10)7-14/h4-6H,7-9,14H2,1-3H3. The molecule has 20 heavy (non-hydrogen) atoms. The Morgan fingerprint density at radius 2 is 2.05 bits per heavy atom. The zero-order chi connectivity index (χ0) is 15.4. The van der Waals surface area contributed by atoms with Gasteiger partial charge in [0.05, 0.1) is 11.4 Å². The minimum atomic E-state index is -3.57. The van der Waals surface area contributed by atoms with E-state index in [0.717, 1.165) is 0 Å². The van der Waals surface area contributed by atoms with Crippen molar-refractivity contribution in [2.24, 2.45) is 5.73 Å². The summed E-state index contributed by atoms with van der Waals surface area (Å²) in [5.74, 6) is -1.61. The Bertz CT molecular complexity index is 576. The molecule has 7 heteroatoms. The third-order valence-corrected chi connectivity index (χ3v) is 3.68. The Balaban J connectivity index is 2.72. The highest BCUT2D eigenvalue weighted by Gasteiger charge is 2.23. The first-order valence-corrected chi connectivity index (χ1v) is 7.99. The number of aromatic nitrogens is 1. The van der Waals surface area contributed by atoms with Crippen molar-refractivity contribution < 1.29 is 17.9 Å². The van der Waals surface area contributed by atoms with Gasteiger partial charge in [-0.2, -0.15) is 0 Å². The Labute approximate surface area is 119 Å². The van der Waals surface area contributed by atoms with E-state index in [0.29, 0.717) is 11.3 Å².